The van der Waals surface area contributed by atoms with E-state index in [4.69, 9.17) is 5.26 Å². The van der Waals surface area contributed by atoms with Gasteiger partial charge in [-0.25, -0.2) is 0 Å². The van der Waals surface area contributed by atoms with Gasteiger partial charge in [0, 0.05) is 24.2 Å². The fourth-order valence-corrected chi connectivity index (χ4v) is 1.53. The fraction of sp³-hybridized carbons (Fsp3) is 0. The van der Waals surface area contributed by atoms with E-state index in [1.807, 2.05) is 6.07 Å². The molecule has 1 heterocycles. The Balaban J connectivity index is 2.07. The van der Waals surface area contributed by atoms with Gasteiger partial charge in [-0.15, -0.1) is 0 Å². The average molecular weight is 280 g/mol. The van der Waals surface area contributed by atoms with E-state index < -0.39 is 5.91 Å². The second kappa shape index (κ2) is 6.73. The highest BCUT2D eigenvalue weighted by molar-refractivity contribution is 6.06. The number of carbonyl (C=O) groups excluding carboxylic acids is 1. The van der Waals surface area contributed by atoms with Crippen LogP contribution < -0.4 is 10.6 Å². The first-order valence-electron chi connectivity index (χ1n) is 6.06. The van der Waals surface area contributed by atoms with Crippen LogP contribution in [0, 0.1) is 11.3 Å². The van der Waals surface area contributed by atoms with E-state index in [9.17, 15) is 9.90 Å². The molecule has 0 saturated carbocycles. The van der Waals surface area contributed by atoms with Crippen LogP contribution in [-0.2, 0) is 4.79 Å². The van der Waals surface area contributed by atoms with Gasteiger partial charge in [0.15, 0.2) is 0 Å². The van der Waals surface area contributed by atoms with Crippen LogP contribution in [-0.4, -0.2) is 16.0 Å². The van der Waals surface area contributed by atoms with Crippen molar-refractivity contribution in [3.05, 3.63) is 60.6 Å². The third-order valence-corrected chi connectivity index (χ3v) is 2.51. The number of pyridine rings is 1. The molecule has 0 aliphatic heterocycles. The lowest BCUT2D eigenvalue weighted by molar-refractivity contribution is -0.112. The number of anilines is 2. The molecule has 104 valence electrons. The summed E-state index contributed by atoms with van der Waals surface area (Å²) in [5, 5.41) is 23.7. The minimum Gasteiger partial charge on any atom is -0.508 e. The minimum absolute atomic E-state index is 0.0313. The molecule has 0 spiro atoms. The second-order valence-corrected chi connectivity index (χ2v) is 4.06. The number of benzene rings is 1. The number of nitrogens with zero attached hydrogens (tertiary/aromatic N) is 2. The summed E-state index contributed by atoms with van der Waals surface area (Å²) in [6.07, 6.45) is 4.49. The van der Waals surface area contributed by atoms with Crippen molar-refractivity contribution < 1.29 is 9.90 Å². The molecule has 1 aromatic carbocycles. The predicted octanol–water partition coefficient (Wildman–Crippen LogP) is 2.25. The van der Waals surface area contributed by atoms with Crippen molar-refractivity contribution >= 4 is 17.3 Å². The predicted molar refractivity (Wildman–Crippen MR) is 78.3 cm³/mol. The van der Waals surface area contributed by atoms with E-state index >= 15 is 0 Å². The highest BCUT2D eigenvalue weighted by Gasteiger charge is 2.09. The smallest absolute Gasteiger partial charge is 0.267 e. The molecule has 0 saturated heterocycles. The van der Waals surface area contributed by atoms with Gasteiger partial charge in [-0.1, -0.05) is 6.07 Å². The summed E-state index contributed by atoms with van der Waals surface area (Å²) >= 11 is 0. The molecular weight excluding hydrogens is 268 g/mol. The topological polar surface area (TPSA) is 98.0 Å². The number of amides is 1. The lowest BCUT2D eigenvalue weighted by Gasteiger charge is -2.05. The quantitative estimate of drug-likeness (QED) is 0.589. The highest BCUT2D eigenvalue weighted by atomic mass is 16.3. The van der Waals surface area contributed by atoms with Gasteiger partial charge >= 0.3 is 0 Å². The van der Waals surface area contributed by atoms with Crippen molar-refractivity contribution in [3.8, 4) is 11.8 Å². The third-order valence-electron chi connectivity index (χ3n) is 2.51. The van der Waals surface area contributed by atoms with Crippen LogP contribution in [0.3, 0.4) is 0 Å². The average Bonchev–Trinajstić information content (AvgIpc) is 2.49. The largest absolute Gasteiger partial charge is 0.508 e. The second-order valence-electron chi connectivity index (χ2n) is 4.06. The summed E-state index contributed by atoms with van der Waals surface area (Å²) in [5.74, 6) is -0.539. The SMILES string of the molecule is N#C/C(=C/Nc1cccnc1)C(=O)Nc1cccc(O)c1. The molecule has 0 aliphatic rings. The van der Waals surface area contributed by atoms with Gasteiger partial charge in [0.1, 0.15) is 17.4 Å². The van der Waals surface area contributed by atoms with E-state index in [1.54, 1.807) is 36.7 Å². The number of phenolic OH excluding ortho intramolecular Hbond substituents is 1. The molecule has 21 heavy (non-hydrogen) atoms. The number of rotatable bonds is 4. The van der Waals surface area contributed by atoms with Crippen LogP contribution in [0.15, 0.2) is 60.6 Å². The molecule has 1 aromatic heterocycles. The summed E-state index contributed by atoms with van der Waals surface area (Å²) < 4.78 is 0. The summed E-state index contributed by atoms with van der Waals surface area (Å²) in [6.45, 7) is 0. The van der Waals surface area contributed by atoms with E-state index in [0.29, 0.717) is 11.4 Å². The first kappa shape index (κ1) is 14.1. The Kier molecular flexibility index (Phi) is 4.51. The lowest BCUT2D eigenvalue weighted by Crippen LogP contribution is -2.14. The number of hydrogen-bond donors (Lipinski definition) is 3. The molecule has 0 fully saturated rings. The monoisotopic (exact) mass is 280 g/mol. The molecule has 3 N–H and O–H groups in total. The third kappa shape index (κ3) is 4.08. The Hall–Kier alpha value is -3.33. The Morgan fingerprint density at radius 3 is 2.76 bits per heavy atom. The van der Waals surface area contributed by atoms with Gasteiger partial charge in [-0.05, 0) is 24.3 Å². The molecule has 0 unspecified atom stereocenters. The number of hydrogen-bond acceptors (Lipinski definition) is 5. The van der Waals surface area contributed by atoms with E-state index in [0.717, 1.165) is 0 Å². The van der Waals surface area contributed by atoms with E-state index in [-0.39, 0.29) is 11.3 Å². The highest BCUT2D eigenvalue weighted by Crippen LogP contribution is 2.16. The molecule has 0 aliphatic carbocycles. The molecule has 1 amide bonds. The summed E-state index contributed by atoms with van der Waals surface area (Å²) in [5.41, 5.74) is 0.972. The summed E-state index contributed by atoms with van der Waals surface area (Å²) in [6, 6.07) is 11.4. The number of nitriles is 1. The first-order chi connectivity index (χ1) is 10.2. The maximum atomic E-state index is 11.9. The maximum Gasteiger partial charge on any atom is 0.267 e. The summed E-state index contributed by atoms with van der Waals surface area (Å²) in [7, 11) is 0. The Morgan fingerprint density at radius 2 is 2.10 bits per heavy atom. The number of aromatic nitrogens is 1. The van der Waals surface area contributed by atoms with Gasteiger partial charge in [0.05, 0.1) is 11.9 Å². The van der Waals surface area contributed by atoms with Gasteiger partial charge in [0.2, 0.25) is 0 Å². The first-order valence-corrected chi connectivity index (χ1v) is 6.06. The van der Waals surface area contributed by atoms with Crippen LogP contribution in [0.5, 0.6) is 5.75 Å². The number of aromatic hydroxyl groups is 1. The van der Waals surface area contributed by atoms with Gasteiger partial charge in [-0.3, -0.25) is 9.78 Å². The molecular formula is C15H12N4O2. The molecule has 2 aromatic rings. The lowest BCUT2D eigenvalue weighted by atomic mass is 10.2. The van der Waals surface area contributed by atoms with Gasteiger partial charge < -0.3 is 15.7 Å². The zero-order valence-electron chi connectivity index (χ0n) is 10.9. The standard InChI is InChI=1S/C15H12N4O2/c16-8-11(9-18-13-4-2-6-17-10-13)15(21)19-12-3-1-5-14(20)7-12/h1-7,9-10,18,20H,(H,19,21)/b11-9-. The summed E-state index contributed by atoms with van der Waals surface area (Å²) in [4.78, 5) is 15.8. The Morgan fingerprint density at radius 1 is 1.29 bits per heavy atom. The van der Waals surface area contributed by atoms with Crippen molar-refractivity contribution in [2.75, 3.05) is 10.6 Å². The van der Waals surface area contributed by atoms with Crippen LogP contribution in [0.2, 0.25) is 0 Å². The zero-order chi connectivity index (χ0) is 15.1. The van der Waals surface area contributed by atoms with Crippen molar-refractivity contribution in [2.45, 2.75) is 0 Å². The molecule has 0 atom stereocenters. The number of nitrogens with one attached hydrogen (secondary N) is 2. The number of phenols is 1. The molecule has 6 nitrogen and oxygen atoms in total. The Labute approximate surface area is 121 Å². The van der Waals surface area contributed by atoms with Crippen LogP contribution in [0.1, 0.15) is 0 Å². The van der Waals surface area contributed by atoms with Crippen molar-refractivity contribution in [1.82, 2.24) is 4.98 Å². The molecule has 0 radical (unpaired) electrons. The zero-order valence-corrected chi connectivity index (χ0v) is 10.9. The number of carbonyl (C=O) groups is 1. The van der Waals surface area contributed by atoms with Crippen molar-refractivity contribution in [1.29, 1.82) is 5.26 Å². The van der Waals surface area contributed by atoms with Crippen LogP contribution in [0.4, 0.5) is 11.4 Å². The van der Waals surface area contributed by atoms with E-state index in [2.05, 4.69) is 15.6 Å². The minimum atomic E-state index is -0.570. The molecule has 6 heteroatoms. The Bertz CT molecular complexity index is 705. The van der Waals surface area contributed by atoms with E-state index in [1.165, 1.54) is 18.3 Å². The van der Waals surface area contributed by atoms with Crippen molar-refractivity contribution in [3.63, 3.8) is 0 Å². The fourth-order valence-electron chi connectivity index (χ4n) is 1.53. The molecule has 2 rings (SSSR count). The van der Waals surface area contributed by atoms with Crippen LogP contribution in [0.25, 0.3) is 0 Å². The van der Waals surface area contributed by atoms with Gasteiger partial charge in [0.25, 0.3) is 5.91 Å². The van der Waals surface area contributed by atoms with Crippen molar-refractivity contribution in [2.24, 2.45) is 0 Å². The maximum absolute atomic E-state index is 11.9. The van der Waals surface area contributed by atoms with Crippen LogP contribution >= 0.6 is 0 Å². The van der Waals surface area contributed by atoms with Gasteiger partial charge in [-0.2, -0.15) is 5.26 Å². The molecule has 0 bridgehead atoms. The normalized spacial score (nSPS) is 10.5.